The molecule has 0 fully saturated rings. The first-order valence-corrected chi connectivity index (χ1v) is 11.7. The van der Waals surface area contributed by atoms with Crippen LogP contribution < -0.4 is 5.43 Å². The molecule has 0 aliphatic heterocycles. The number of amides is 1. The van der Waals surface area contributed by atoms with Crippen LogP contribution in [0.15, 0.2) is 93.6 Å². The average molecular weight is 537 g/mol. The summed E-state index contributed by atoms with van der Waals surface area (Å²) in [6.07, 6.45) is 1.35. The van der Waals surface area contributed by atoms with Crippen LogP contribution in [0.4, 0.5) is 5.69 Å². The van der Waals surface area contributed by atoms with Crippen LogP contribution in [0, 0.1) is 10.1 Å². The minimum Gasteiger partial charge on any atom is -0.272 e. The number of halogens is 1. The summed E-state index contributed by atoms with van der Waals surface area (Å²) in [7, 11) is 0. The molecule has 0 bridgehead atoms. The third kappa shape index (κ3) is 5.74. The van der Waals surface area contributed by atoms with Gasteiger partial charge in [-0.3, -0.25) is 19.5 Å². The molecule has 0 aliphatic carbocycles. The Morgan fingerprint density at radius 1 is 1.09 bits per heavy atom. The third-order valence-electron chi connectivity index (χ3n) is 4.57. The van der Waals surface area contributed by atoms with Crippen molar-refractivity contribution in [2.45, 2.75) is 5.16 Å². The summed E-state index contributed by atoms with van der Waals surface area (Å²) in [6.45, 7) is 0. The number of non-ortho nitro benzene ring substituents is 1. The van der Waals surface area contributed by atoms with E-state index in [1.165, 1.54) is 30.1 Å². The van der Waals surface area contributed by atoms with Crippen molar-refractivity contribution in [3.05, 3.63) is 99.0 Å². The topological polar surface area (TPSA) is 115 Å². The summed E-state index contributed by atoms with van der Waals surface area (Å²) in [4.78, 5) is 22.7. The zero-order valence-electron chi connectivity index (χ0n) is 17.5. The van der Waals surface area contributed by atoms with E-state index in [1.807, 2.05) is 59.2 Å². The predicted octanol–water partition coefficient (Wildman–Crippen LogP) is 4.85. The van der Waals surface area contributed by atoms with Gasteiger partial charge in [0.05, 0.1) is 16.9 Å². The third-order valence-corrected chi connectivity index (χ3v) is 6.02. The molecule has 1 aromatic heterocycles. The van der Waals surface area contributed by atoms with Crippen LogP contribution in [0.5, 0.6) is 0 Å². The van der Waals surface area contributed by atoms with Crippen molar-refractivity contribution in [1.82, 2.24) is 20.2 Å². The molecule has 1 N–H and O–H groups in total. The van der Waals surface area contributed by atoms with Gasteiger partial charge in [0, 0.05) is 33.4 Å². The number of carbonyl (C=O) groups is 1. The number of thioether (sulfide) groups is 1. The van der Waals surface area contributed by atoms with E-state index >= 15 is 0 Å². The van der Waals surface area contributed by atoms with Crippen molar-refractivity contribution in [2.75, 3.05) is 5.75 Å². The van der Waals surface area contributed by atoms with E-state index in [-0.39, 0.29) is 17.3 Å². The van der Waals surface area contributed by atoms with Crippen LogP contribution in [-0.2, 0) is 4.79 Å². The Morgan fingerprint density at radius 2 is 1.85 bits per heavy atom. The largest absolute Gasteiger partial charge is 0.272 e. The minimum absolute atomic E-state index is 0.0488. The highest BCUT2D eigenvalue weighted by Crippen LogP contribution is 2.28. The maximum atomic E-state index is 12.3. The van der Waals surface area contributed by atoms with Gasteiger partial charge in [0.2, 0.25) is 0 Å². The van der Waals surface area contributed by atoms with Gasteiger partial charge in [-0.15, -0.1) is 10.2 Å². The smallest absolute Gasteiger partial charge is 0.270 e. The molecule has 0 saturated carbocycles. The molecule has 0 unspecified atom stereocenters. The molecule has 0 aliphatic rings. The molecular formula is C23H17BrN6O3S. The summed E-state index contributed by atoms with van der Waals surface area (Å²) in [5.41, 5.74) is 4.65. The van der Waals surface area contributed by atoms with E-state index in [9.17, 15) is 14.9 Å². The number of hydrazone groups is 1. The zero-order valence-corrected chi connectivity index (χ0v) is 19.9. The van der Waals surface area contributed by atoms with Gasteiger partial charge < -0.3 is 0 Å². The number of carbonyl (C=O) groups excluding carboxylic acids is 1. The first-order chi connectivity index (χ1) is 16.5. The summed E-state index contributed by atoms with van der Waals surface area (Å²) >= 11 is 4.67. The number of hydrogen-bond acceptors (Lipinski definition) is 7. The quantitative estimate of drug-likeness (QED) is 0.149. The van der Waals surface area contributed by atoms with E-state index in [2.05, 4.69) is 36.7 Å². The normalized spacial score (nSPS) is 11.0. The van der Waals surface area contributed by atoms with Gasteiger partial charge in [0.1, 0.15) is 0 Å². The van der Waals surface area contributed by atoms with Crippen LogP contribution in [-0.4, -0.2) is 37.6 Å². The molecule has 11 heteroatoms. The highest BCUT2D eigenvalue weighted by atomic mass is 79.9. The average Bonchev–Trinajstić information content (AvgIpc) is 3.28. The molecule has 3 aromatic carbocycles. The zero-order chi connectivity index (χ0) is 23.9. The van der Waals surface area contributed by atoms with Gasteiger partial charge >= 0.3 is 0 Å². The van der Waals surface area contributed by atoms with E-state index in [1.54, 1.807) is 12.1 Å². The van der Waals surface area contributed by atoms with Gasteiger partial charge in [-0.2, -0.15) is 5.10 Å². The fraction of sp³-hybridized carbons (Fsp3) is 0.0435. The summed E-state index contributed by atoms with van der Waals surface area (Å²) < 4.78 is 2.84. The Kier molecular flexibility index (Phi) is 7.45. The second-order valence-corrected chi connectivity index (χ2v) is 8.78. The standard InChI is InChI=1S/C23H17BrN6O3S/c24-18-9-11-19(12-10-18)29-22(17-6-2-1-3-7-17)27-28-23(29)34-15-21(31)26-25-14-16-5-4-8-20(13-16)30(32)33/h1-14H,15H2,(H,26,31)/b25-14-. The summed E-state index contributed by atoms with van der Waals surface area (Å²) in [6, 6.07) is 23.4. The SMILES string of the molecule is O=C(CSc1nnc(-c2ccccc2)n1-c1ccc(Br)cc1)N/N=C\c1cccc([N+](=O)[O-])c1. The number of nitrogens with one attached hydrogen (secondary N) is 1. The van der Waals surface area contributed by atoms with Crippen molar-refractivity contribution < 1.29 is 9.72 Å². The molecular weight excluding hydrogens is 520 g/mol. The lowest BCUT2D eigenvalue weighted by atomic mass is 10.2. The predicted molar refractivity (Wildman–Crippen MR) is 134 cm³/mol. The number of hydrogen-bond donors (Lipinski definition) is 1. The molecule has 34 heavy (non-hydrogen) atoms. The molecule has 1 amide bonds. The van der Waals surface area contributed by atoms with Crippen LogP contribution in [0.3, 0.4) is 0 Å². The molecule has 9 nitrogen and oxygen atoms in total. The van der Waals surface area contributed by atoms with E-state index in [0.717, 1.165) is 15.7 Å². The monoisotopic (exact) mass is 536 g/mol. The van der Waals surface area contributed by atoms with Crippen LogP contribution in [0.25, 0.3) is 17.1 Å². The lowest BCUT2D eigenvalue weighted by Crippen LogP contribution is -2.20. The Morgan fingerprint density at radius 3 is 2.59 bits per heavy atom. The fourth-order valence-electron chi connectivity index (χ4n) is 3.02. The lowest BCUT2D eigenvalue weighted by Gasteiger charge is -2.10. The van der Waals surface area contributed by atoms with Crippen molar-refractivity contribution in [3.63, 3.8) is 0 Å². The second kappa shape index (κ2) is 10.9. The maximum Gasteiger partial charge on any atom is 0.270 e. The lowest BCUT2D eigenvalue weighted by molar-refractivity contribution is -0.384. The maximum absolute atomic E-state index is 12.3. The summed E-state index contributed by atoms with van der Waals surface area (Å²) in [5.74, 6) is 0.364. The van der Waals surface area contributed by atoms with Crippen LogP contribution >= 0.6 is 27.7 Å². The van der Waals surface area contributed by atoms with Crippen molar-refractivity contribution >= 4 is 45.5 Å². The second-order valence-electron chi connectivity index (χ2n) is 6.92. The van der Waals surface area contributed by atoms with E-state index in [0.29, 0.717) is 16.5 Å². The van der Waals surface area contributed by atoms with E-state index < -0.39 is 4.92 Å². The van der Waals surface area contributed by atoms with Crippen LogP contribution in [0.1, 0.15) is 5.56 Å². The number of nitro benzene ring substituents is 1. The number of nitrogens with zero attached hydrogens (tertiary/aromatic N) is 5. The Labute approximate surface area is 207 Å². The molecule has 0 saturated heterocycles. The highest BCUT2D eigenvalue weighted by Gasteiger charge is 2.17. The molecule has 0 spiro atoms. The van der Waals surface area contributed by atoms with Crippen molar-refractivity contribution in [1.29, 1.82) is 0 Å². The molecule has 1 heterocycles. The molecule has 170 valence electrons. The molecule has 4 rings (SSSR count). The van der Waals surface area contributed by atoms with Gasteiger partial charge in [-0.1, -0.05) is 70.2 Å². The Bertz CT molecular complexity index is 1340. The first-order valence-electron chi connectivity index (χ1n) is 9.97. The summed E-state index contributed by atoms with van der Waals surface area (Å²) in [5, 5.41) is 24.0. The fourth-order valence-corrected chi connectivity index (χ4v) is 4.03. The number of aromatic nitrogens is 3. The van der Waals surface area contributed by atoms with Gasteiger partial charge in [0.25, 0.3) is 11.6 Å². The number of nitro groups is 1. The Hall–Kier alpha value is -3.83. The Balaban J connectivity index is 1.48. The van der Waals surface area contributed by atoms with Gasteiger partial charge in [-0.25, -0.2) is 5.43 Å². The molecule has 4 aromatic rings. The highest BCUT2D eigenvalue weighted by molar-refractivity contribution is 9.10. The van der Waals surface area contributed by atoms with Gasteiger partial charge in [-0.05, 0) is 24.3 Å². The van der Waals surface area contributed by atoms with Crippen LogP contribution in [0.2, 0.25) is 0 Å². The van der Waals surface area contributed by atoms with E-state index in [4.69, 9.17) is 0 Å². The van der Waals surface area contributed by atoms with Crippen molar-refractivity contribution in [3.8, 4) is 17.1 Å². The molecule has 0 radical (unpaired) electrons. The first kappa shape index (κ1) is 23.3. The number of rotatable bonds is 8. The van der Waals surface area contributed by atoms with Crippen molar-refractivity contribution in [2.24, 2.45) is 5.10 Å². The molecule has 0 atom stereocenters. The minimum atomic E-state index is -0.488. The number of benzene rings is 3. The van der Waals surface area contributed by atoms with Gasteiger partial charge in [0.15, 0.2) is 11.0 Å².